The Balaban J connectivity index is 2.07. The number of carbonyl (C=O) groups is 1. The predicted octanol–water partition coefficient (Wildman–Crippen LogP) is 1.57. The van der Waals surface area contributed by atoms with Gasteiger partial charge in [-0.3, -0.25) is 4.79 Å². The van der Waals surface area contributed by atoms with Crippen LogP contribution in [0.4, 0.5) is 11.4 Å². The largest absolute Gasteiger partial charge is 0.399 e. The number of piperidine rings is 1. The van der Waals surface area contributed by atoms with Crippen molar-refractivity contribution in [2.45, 2.75) is 12.8 Å². The second-order valence-electron chi connectivity index (χ2n) is 5.11. The predicted molar refractivity (Wildman–Crippen MR) is 74.5 cm³/mol. The summed E-state index contributed by atoms with van der Waals surface area (Å²) in [4.78, 5) is 16.0. The van der Waals surface area contributed by atoms with Crippen LogP contribution < -0.4 is 10.6 Å². The van der Waals surface area contributed by atoms with E-state index in [2.05, 4.69) is 4.90 Å². The molecule has 1 atom stereocenters. The van der Waals surface area contributed by atoms with Gasteiger partial charge in [-0.05, 0) is 37.1 Å². The van der Waals surface area contributed by atoms with Crippen LogP contribution in [0.15, 0.2) is 24.3 Å². The summed E-state index contributed by atoms with van der Waals surface area (Å²) in [7, 11) is 3.65. The molecule has 1 aliphatic heterocycles. The summed E-state index contributed by atoms with van der Waals surface area (Å²) < 4.78 is 0. The van der Waals surface area contributed by atoms with Gasteiger partial charge in [-0.15, -0.1) is 0 Å². The summed E-state index contributed by atoms with van der Waals surface area (Å²) >= 11 is 0. The molecule has 1 aliphatic rings. The minimum absolute atomic E-state index is 0.117. The quantitative estimate of drug-likeness (QED) is 0.807. The zero-order chi connectivity index (χ0) is 13.1. The summed E-state index contributed by atoms with van der Waals surface area (Å²) in [5.41, 5.74) is 7.62. The molecule has 18 heavy (non-hydrogen) atoms. The number of carbonyl (C=O) groups excluding carboxylic acids is 1. The number of benzene rings is 1. The van der Waals surface area contributed by atoms with Crippen LogP contribution in [0, 0.1) is 5.92 Å². The highest BCUT2D eigenvalue weighted by Crippen LogP contribution is 2.24. The molecule has 0 spiro atoms. The molecular weight excluding hydrogens is 226 g/mol. The molecule has 0 radical (unpaired) electrons. The lowest BCUT2D eigenvalue weighted by atomic mass is 9.96. The molecule has 1 fully saturated rings. The maximum absolute atomic E-state index is 12.0. The summed E-state index contributed by atoms with van der Waals surface area (Å²) in [5.74, 6) is 0.349. The summed E-state index contributed by atoms with van der Waals surface area (Å²) in [6.45, 7) is 1.82. The number of hydrogen-bond acceptors (Lipinski definition) is 3. The Kier molecular flexibility index (Phi) is 3.75. The van der Waals surface area contributed by atoms with Crippen LogP contribution in [0.1, 0.15) is 12.8 Å². The summed E-state index contributed by atoms with van der Waals surface area (Å²) in [6, 6.07) is 7.87. The molecule has 1 amide bonds. The lowest BCUT2D eigenvalue weighted by molar-refractivity contribution is -0.133. The summed E-state index contributed by atoms with van der Waals surface area (Å²) in [5, 5.41) is 0. The fourth-order valence-electron chi connectivity index (χ4n) is 2.46. The van der Waals surface area contributed by atoms with Crippen LogP contribution in [0.2, 0.25) is 0 Å². The highest BCUT2D eigenvalue weighted by molar-refractivity contribution is 5.79. The highest BCUT2D eigenvalue weighted by atomic mass is 16.2. The molecule has 98 valence electrons. The van der Waals surface area contributed by atoms with Crippen LogP contribution in [0.3, 0.4) is 0 Å². The van der Waals surface area contributed by atoms with E-state index in [4.69, 9.17) is 5.73 Å². The molecule has 0 aromatic heterocycles. The Hall–Kier alpha value is -1.71. The monoisotopic (exact) mass is 247 g/mol. The van der Waals surface area contributed by atoms with Gasteiger partial charge in [0, 0.05) is 38.6 Å². The molecule has 0 aliphatic carbocycles. The van der Waals surface area contributed by atoms with Crippen LogP contribution in [0.25, 0.3) is 0 Å². The first-order valence-electron chi connectivity index (χ1n) is 6.39. The number of hydrogen-bond donors (Lipinski definition) is 1. The van der Waals surface area contributed by atoms with E-state index in [-0.39, 0.29) is 11.8 Å². The fourth-order valence-corrected chi connectivity index (χ4v) is 2.46. The average molecular weight is 247 g/mol. The lowest BCUT2D eigenvalue weighted by Crippen LogP contribution is -2.42. The topological polar surface area (TPSA) is 49.6 Å². The molecule has 1 saturated heterocycles. The number of nitrogens with zero attached hydrogens (tertiary/aromatic N) is 2. The maximum Gasteiger partial charge on any atom is 0.226 e. The standard InChI is InChI=1S/C14H21N3O/c1-16(2)14(18)11-4-3-9-17(10-11)13-7-5-12(15)6-8-13/h5-8,11H,3-4,9-10,15H2,1-2H3. The van der Waals surface area contributed by atoms with Gasteiger partial charge in [0.05, 0.1) is 5.92 Å². The van der Waals surface area contributed by atoms with E-state index in [0.29, 0.717) is 0 Å². The van der Waals surface area contributed by atoms with Crippen molar-refractivity contribution in [2.24, 2.45) is 5.92 Å². The molecule has 2 N–H and O–H groups in total. The van der Waals surface area contributed by atoms with Gasteiger partial charge in [0.15, 0.2) is 0 Å². The number of amides is 1. The molecule has 2 rings (SSSR count). The molecule has 1 aromatic carbocycles. The number of anilines is 2. The van der Waals surface area contributed by atoms with Gasteiger partial charge in [-0.25, -0.2) is 0 Å². The molecule has 0 bridgehead atoms. The van der Waals surface area contributed by atoms with E-state index < -0.39 is 0 Å². The van der Waals surface area contributed by atoms with Crippen molar-refractivity contribution in [3.05, 3.63) is 24.3 Å². The zero-order valence-electron chi connectivity index (χ0n) is 11.1. The average Bonchev–Trinajstić information content (AvgIpc) is 2.38. The molecule has 1 unspecified atom stereocenters. The SMILES string of the molecule is CN(C)C(=O)C1CCCN(c2ccc(N)cc2)C1. The van der Waals surface area contributed by atoms with Crippen molar-refractivity contribution in [3.63, 3.8) is 0 Å². The number of nitrogens with two attached hydrogens (primary N) is 1. The van der Waals surface area contributed by atoms with Gasteiger partial charge in [0.1, 0.15) is 0 Å². The molecule has 1 aromatic rings. The third-order valence-electron chi connectivity index (χ3n) is 3.47. The minimum Gasteiger partial charge on any atom is -0.399 e. The molecule has 4 nitrogen and oxygen atoms in total. The van der Waals surface area contributed by atoms with E-state index in [1.807, 2.05) is 38.4 Å². The molecule has 4 heteroatoms. The van der Waals surface area contributed by atoms with Crippen LogP contribution in [-0.4, -0.2) is 38.0 Å². The molecule has 1 heterocycles. The van der Waals surface area contributed by atoms with Crippen molar-refractivity contribution in [3.8, 4) is 0 Å². The second kappa shape index (κ2) is 5.29. The van der Waals surface area contributed by atoms with Gasteiger partial charge in [-0.2, -0.15) is 0 Å². The molecular formula is C14H21N3O. The van der Waals surface area contributed by atoms with Crippen molar-refractivity contribution in [2.75, 3.05) is 37.8 Å². The van der Waals surface area contributed by atoms with E-state index in [0.717, 1.165) is 37.3 Å². The van der Waals surface area contributed by atoms with Crippen molar-refractivity contribution in [1.29, 1.82) is 0 Å². The van der Waals surface area contributed by atoms with E-state index in [1.54, 1.807) is 4.90 Å². The van der Waals surface area contributed by atoms with E-state index >= 15 is 0 Å². The van der Waals surface area contributed by atoms with E-state index in [9.17, 15) is 4.79 Å². The minimum atomic E-state index is 0.117. The van der Waals surface area contributed by atoms with Crippen LogP contribution in [0.5, 0.6) is 0 Å². The maximum atomic E-state index is 12.0. The first-order chi connectivity index (χ1) is 8.58. The third kappa shape index (κ3) is 2.75. The highest BCUT2D eigenvalue weighted by Gasteiger charge is 2.26. The van der Waals surface area contributed by atoms with Gasteiger partial charge in [0.25, 0.3) is 0 Å². The van der Waals surface area contributed by atoms with Gasteiger partial charge < -0.3 is 15.5 Å². The van der Waals surface area contributed by atoms with Gasteiger partial charge in [-0.1, -0.05) is 0 Å². The Morgan fingerprint density at radius 1 is 1.33 bits per heavy atom. The fraction of sp³-hybridized carbons (Fsp3) is 0.500. The zero-order valence-corrected chi connectivity index (χ0v) is 11.1. The van der Waals surface area contributed by atoms with Gasteiger partial charge in [0.2, 0.25) is 5.91 Å². The Bertz CT molecular complexity index is 414. The Morgan fingerprint density at radius 3 is 2.61 bits per heavy atom. The Labute approximate surface area is 108 Å². The Morgan fingerprint density at radius 2 is 2.00 bits per heavy atom. The van der Waals surface area contributed by atoms with Crippen molar-refractivity contribution >= 4 is 17.3 Å². The van der Waals surface area contributed by atoms with E-state index in [1.165, 1.54) is 0 Å². The first-order valence-corrected chi connectivity index (χ1v) is 6.39. The number of rotatable bonds is 2. The second-order valence-corrected chi connectivity index (χ2v) is 5.11. The summed E-state index contributed by atoms with van der Waals surface area (Å²) in [6.07, 6.45) is 2.05. The van der Waals surface area contributed by atoms with Gasteiger partial charge >= 0.3 is 0 Å². The lowest BCUT2D eigenvalue weighted by Gasteiger charge is -2.34. The first kappa shape index (κ1) is 12.7. The van der Waals surface area contributed by atoms with Crippen LogP contribution in [-0.2, 0) is 4.79 Å². The van der Waals surface area contributed by atoms with Crippen molar-refractivity contribution in [1.82, 2.24) is 4.90 Å². The smallest absolute Gasteiger partial charge is 0.226 e. The normalized spacial score (nSPS) is 19.7. The van der Waals surface area contributed by atoms with Crippen molar-refractivity contribution < 1.29 is 4.79 Å². The number of nitrogen functional groups attached to an aromatic ring is 1. The van der Waals surface area contributed by atoms with Crippen LogP contribution >= 0.6 is 0 Å². The molecule has 0 saturated carbocycles. The third-order valence-corrected chi connectivity index (χ3v) is 3.47.